The van der Waals surface area contributed by atoms with E-state index in [0.717, 1.165) is 63.8 Å². The van der Waals surface area contributed by atoms with Crippen LogP contribution >= 0.6 is 11.6 Å². The van der Waals surface area contributed by atoms with Crippen molar-refractivity contribution >= 4 is 33.1 Å². The lowest BCUT2D eigenvalue weighted by molar-refractivity contribution is 0.0514. The third kappa shape index (κ3) is 6.27. The van der Waals surface area contributed by atoms with Gasteiger partial charge in [0.2, 0.25) is 10.0 Å². The zero-order valence-corrected chi connectivity index (χ0v) is 22.5. The van der Waals surface area contributed by atoms with Crippen molar-refractivity contribution < 1.29 is 17.2 Å². The zero-order valence-electron chi connectivity index (χ0n) is 20.9. The molecule has 0 spiro atoms. The summed E-state index contributed by atoms with van der Waals surface area (Å²) in [4.78, 5) is 11.6. The molecule has 1 N–H and O–H groups in total. The Bertz CT molecular complexity index is 1180. The van der Waals surface area contributed by atoms with Crippen LogP contribution in [0.1, 0.15) is 44.7 Å². The molecule has 0 saturated carbocycles. The molecule has 3 heterocycles. The van der Waals surface area contributed by atoms with Gasteiger partial charge in [-0.3, -0.25) is 14.5 Å². The van der Waals surface area contributed by atoms with Gasteiger partial charge in [0.1, 0.15) is 5.82 Å². The number of piperazine rings is 1. The number of piperidine rings is 1. The first kappa shape index (κ1) is 27.0. The monoisotopic (exact) mass is 541 g/mol. The van der Waals surface area contributed by atoms with Crippen LogP contribution in [-0.2, 0) is 10.0 Å². The van der Waals surface area contributed by atoms with Crippen molar-refractivity contribution in [2.24, 2.45) is 0 Å². The van der Waals surface area contributed by atoms with Crippen LogP contribution in [0.2, 0.25) is 5.02 Å². The van der Waals surface area contributed by atoms with Crippen molar-refractivity contribution in [3.05, 3.63) is 52.7 Å². The summed E-state index contributed by atoms with van der Waals surface area (Å²) in [6, 6.07) is 6.64. The molecular weight excluding hydrogens is 508 g/mol. The average molecular weight is 542 g/mol. The van der Waals surface area contributed by atoms with Gasteiger partial charge in [0.05, 0.1) is 23.2 Å². The van der Waals surface area contributed by atoms with Gasteiger partial charge in [-0.2, -0.15) is 0 Å². The summed E-state index contributed by atoms with van der Waals surface area (Å²) in [5.41, 5.74) is 1.15. The van der Waals surface area contributed by atoms with Gasteiger partial charge < -0.3 is 4.90 Å². The lowest BCUT2D eigenvalue weighted by Crippen LogP contribution is -2.58. The fraction of sp³-hybridized carbons (Fsp3) is 0.560. The number of benzene rings is 1. The van der Waals surface area contributed by atoms with Crippen molar-refractivity contribution in [3.8, 4) is 0 Å². The van der Waals surface area contributed by atoms with Gasteiger partial charge >= 0.3 is 0 Å². The van der Waals surface area contributed by atoms with Gasteiger partial charge in [0.15, 0.2) is 11.6 Å². The van der Waals surface area contributed by atoms with E-state index in [1.165, 1.54) is 18.3 Å². The number of aromatic nitrogens is 1. The maximum Gasteiger partial charge on any atom is 0.229 e. The smallest absolute Gasteiger partial charge is 0.229 e. The molecule has 1 aromatic heterocycles. The van der Waals surface area contributed by atoms with Crippen molar-refractivity contribution in [1.82, 2.24) is 14.8 Å². The Labute approximate surface area is 217 Å². The predicted octanol–water partition coefficient (Wildman–Crippen LogP) is 4.51. The molecule has 4 rings (SSSR count). The van der Waals surface area contributed by atoms with Gasteiger partial charge in [-0.1, -0.05) is 24.6 Å². The molecule has 2 aliphatic heterocycles. The lowest BCUT2D eigenvalue weighted by Gasteiger charge is -2.48. The van der Waals surface area contributed by atoms with E-state index in [9.17, 15) is 17.2 Å². The van der Waals surface area contributed by atoms with Gasteiger partial charge in [0, 0.05) is 50.8 Å². The standard InChI is InChI=1S/C25H34ClF2N5O2S/c1-4-20-16-32(25-22(26)14-19(15-29-25)30-36(3,34)35)11-12-33(20)21-7-9-31(10-8-21)17(2)18-5-6-23(27)24(28)13-18/h5-6,13-15,17,20-21,30H,4,7-12,16H2,1-3H3/t17?,20-/m0/s1. The van der Waals surface area contributed by atoms with Crippen molar-refractivity contribution in [3.63, 3.8) is 0 Å². The summed E-state index contributed by atoms with van der Waals surface area (Å²) in [7, 11) is -3.40. The molecule has 2 saturated heterocycles. The molecule has 1 aromatic carbocycles. The summed E-state index contributed by atoms with van der Waals surface area (Å²) < 4.78 is 52.4. The molecule has 0 bridgehead atoms. The highest BCUT2D eigenvalue weighted by atomic mass is 35.5. The highest BCUT2D eigenvalue weighted by Gasteiger charge is 2.34. The fourth-order valence-electron chi connectivity index (χ4n) is 5.43. The quantitative estimate of drug-likeness (QED) is 0.556. The summed E-state index contributed by atoms with van der Waals surface area (Å²) in [6.45, 7) is 8.53. The van der Waals surface area contributed by atoms with Crippen LogP contribution in [-0.4, -0.2) is 74.3 Å². The topological polar surface area (TPSA) is 68.8 Å². The van der Waals surface area contributed by atoms with E-state index >= 15 is 0 Å². The second-order valence-corrected chi connectivity index (χ2v) is 11.9. The van der Waals surface area contributed by atoms with Crippen LogP contribution < -0.4 is 9.62 Å². The first-order chi connectivity index (χ1) is 17.1. The molecule has 198 valence electrons. The van der Waals surface area contributed by atoms with Crippen molar-refractivity contribution in [1.29, 1.82) is 0 Å². The van der Waals surface area contributed by atoms with Gasteiger partial charge in [-0.15, -0.1) is 0 Å². The number of nitrogens with one attached hydrogen (secondary N) is 1. The van der Waals surface area contributed by atoms with Crippen molar-refractivity contribution in [2.75, 3.05) is 48.6 Å². The Kier molecular flexibility index (Phi) is 8.38. The maximum atomic E-state index is 13.7. The van der Waals surface area contributed by atoms with E-state index in [0.29, 0.717) is 28.6 Å². The number of rotatable bonds is 7. The summed E-state index contributed by atoms with van der Waals surface area (Å²) in [5.74, 6) is -0.940. The Morgan fingerprint density at radius 1 is 1.14 bits per heavy atom. The molecule has 1 unspecified atom stereocenters. The van der Waals surface area contributed by atoms with Crippen LogP contribution in [0.3, 0.4) is 0 Å². The largest absolute Gasteiger partial charge is 0.353 e. The molecule has 2 aromatic rings. The minimum absolute atomic E-state index is 0.0354. The number of sulfonamides is 1. The molecular formula is C25H34ClF2N5O2S. The highest BCUT2D eigenvalue weighted by Crippen LogP contribution is 2.32. The normalized spacial score (nSPS) is 21.5. The van der Waals surface area contributed by atoms with Crippen LogP contribution in [0.15, 0.2) is 30.5 Å². The maximum absolute atomic E-state index is 13.7. The molecule has 2 aliphatic rings. The lowest BCUT2D eigenvalue weighted by atomic mass is 9.96. The van der Waals surface area contributed by atoms with E-state index in [-0.39, 0.29) is 6.04 Å². The molecule has 2 atom stereocenters. The number of nitrogens with zero attached hydrogens (tertiary/aromatic N) is 4. The number of pyridine rings is 1. The number of likely N-dealkylation sites (tertiary alicyclic amines) is 1. The Hall–Kier alpha value is -2.01. The first-order valence-corrected chi connectivity index (χ1v) is 14.7. The van der Waals surface area contributed by atoms with Crippen LogP contribution in [0.5, 0.6) is 0 Å². The van der Waals surface area contributed by atoms with Crippen LogP contribution in [0.4, 0.5) is 20.3 Å². The minimum atomic E-state index is -3.40. The summed E-state index contributed by atoms with van der Waals surface area (Å²) in [5, 5.41) is 0.423. The van der Waals surface area contributed by atoms with E-state index in [2.05, 4.69) is 31.3 Å². The van der Waals surface area contributed by atoms with Crippen LogP contribution in [0.25, 0.3) is 0 Å². The van der Waals surface area contributed by atoms with Gasteiger partial charge in [0.25, 0.3) is 0 Å². The van der Waals surface area contributed by atoms with E-state index in [4.69, 9.17) is 11.6 Å². The average Bonchev–Trinajstić information content (AvgIpc) is 2.84. The Morgan fingerprint density at radius 2 is 1.86 bits per heavy atom. The van der Waals surface area contributed by atoms with E-state index < -0.39 is 21.7 Å². The molecule has 7 nitrogen and oxygen atoms in total. The number of anilines is 2. The second-order valence-electron chi connectivity index (χ2n) is 9.77. The number of hydrogen-bond acceptors (Lipinski definition) is 6. The molecule has 11 heteroatoms. The highest BCUT2D eigenvalue weighted by molar-refractivity contribution is 7.92. The van der Waals surface area contributed by atoms with Gasteiger partial charge in [-0.25, -0.2) is 22.2 Å². The molecule has 0 amide bonds. The third-order valence-electron chi connectivity index (χ3n) is 7.37. The Morgan fingerprint density at radius 3 is 2.47 bits per heavy atom. The van der Waals surface area contributed by atoms with Crippen molar-refractivity contribution in [2.45, 2.75) is 51.2 Å². The van der Waals surface area contributed by atoms with Gasteiger partial charge in [-0.05, 0) is 49.9 Å². The molecule has 0 radical (unpaired) electrons. The molecule has 0 aliphatic carbocycles. The predicted molar refractivity (Wildman–Crippen MR) is 140 cm³/mol. The fourth-order valence-corrected chi connectivity index (χ4v) is 6.25. The summed E-state index contributed by atoms with van der Waals surface area (Å²) in [6.07, 6.45) is 5.63. The Balaban J connectivity index is 1.36. The van der Waals surface area contributed by atoms with Crippen LogP contribution in [0, 0.1) is 11.6 Å². The first-order valence-electron chi connectivity index (χ1n) is 12.4. The second kappa shape index (κ2) is 11.2. The summed E-state index contributed by atoms with van der Waals surface area (Å²) >= 11 is 6.48. The number of hydrogen-bond donors (Lipinski definition) is 1. The van der Waals surface area contributed by atoms with E-state index in [1.807, 2.05) is 6.92 Å². The molecule has 2 fully saturated rings. The minimum Gasteiger partial charge on any atom is -0.353 e. The van der Waals surface area contributed by atoms with E-state index in [1.54, 1.807) is 12.1 Å². The molecule has 36 heavy (non-hydrogen) atoms. The number of halogens is 3. The third-order valence-corrected chi connectivity index (χ3v) is 8.25. The SMILES string of the molecule is CC[C@H]1CN(c2ncc(NS(C)(=O)=O)cc2Cl)CCN1C1CCN(C(C)c2ccc(F)c(F)c2)CC1. The zero-order chi connectivity index (χ0) is 26.0.